The number of nitrogens with one attached hydrogen (secondary N) is 1. The number of methoxy groups -OCH3 is 1. The van der Waals surface area contributed by atoms with Crippen LogP contribution in [0.15, 0.2) is 30.3 Å². The standard InChI is InChI=1S/C21H24F2N2O4/c1-12-8-13(2)19(14(3)9-12)24-18(26)11-25(4)20(27)15-6-7-16(29-21(22)23)17(10-15)28-5/h6-10,21H,11H2,1-5H3,(H,24,26). The van der Waals surface area contributed by atoms with Crippen molar-refractivity contribution in [1.29, 1.82) is 0 Å². The Balaban J connectivity index is 2.09. The van der Waals surface area contributed by atoms with Crippen LogP contribution in [0.5, 0.6) is 11.5 Å². The Morgan fingerprint density at radius 2 is 1.69 bits per heavy atom. The molecule has 2 rings (SSSR count). The van der Waals surface area contributed by atoms with E-state index >= 15 is 0 Å². The molecule has 0 saturated heterocycles. The minimum atomic E-state index is -3.01. The fourth-order valence-corrected chi connectivity index (χ4v) is 3.06. The van der Waals surface area contributed by atoms with Crippen molar-refractivity contribution in [2.24, 2.45) is 0 Å². The van der Waals surface area contributed by atoms with Crippen molar-refractivity contribution in [3.8, 4) is 11.5 Å². The Bertz CT molecular complexity index is 893. The van der Waals surface area contributed by atoms with Gasteiger partial charge >= 0.3 is 6.61 Å². The number of carbonyl (C=O) groups excluding carboxylic acids is 2. The summed E-state index contributed by atoms with van der Waals surface area (Å²) in [4.78, 5) is 26.3. The molecule has 0 fully saturated rings. The van der Waals surface area contributed by atoms with Crippen LogP contribution in [0.3, 0.4) is 0 Å². The first kappa shape index (κ1) is 22.1. The van der Waals surface area contributed by atoms with Gasteiger partial charge in [-0.2, -0.15) is 8.78 Å². The maximum absolute atomic E-state index is 12.6. The van der Waals surface area contributed by atoms with Gasteiger partial charge in [0, 0.05) is 18.3 Å². The summed E-state index contributed by atoms with van der Waals surface area (Å²) in [5.41, 5.74) is 3.87. The monoisotopic (exact) mass is 406 g/mol. The van der Waals surface area contributed by atoms with Crippen LogP contribution in [0.1, 0.15) is 27.0 Å². The third kappa shape index (κ3) is 5.66. The Kier molecular flexibility index (Phi) is 7.14. The van der Waals surface area contributed by atoms with E-state index in [-0.39, 0.29) is 29.5 Å². The molecule has 0 radical (unpaired) electrons. The SMILES string of the molecule is COc1cc(C(=O)N(C)CC(=O)Nc2c(C)cc(C)cc2C)ccc1OC(F)F. The van der Waals surface area contributed by atoms with E-state index in [1.807, 2.05) is 32.9 Å². The number of benzene rings is 2. The van der Waals surface area contributed by atoms with Crippen LogP contribution in [-0.4, -0.2) is 44.0 Å². The van der Waals surface area contributed by atoms with Crippen molar-refractivity contribution >= 4 is 17.5 Å². The van der Waals surface area contributed by atoms with Crippen LogP contribution in [0.2, 0.25) is 0 Å². The maximum Gasteiger partial charge on any atom is 0.387 e. The van der Waals surface area contributed by atoms with Gasteiger partial charge < -0.3 is 19.7 Å². The largest absolute Gasteiger partial charge is 0.493 e. The Hall–Kier alpha value is -3.16. The maximum atomic E-state index is 12.6. The van der Waals surface area contributed by atoms with Crippen molar-refractivity contribution in [2.45, 2.75) is 27.4 Å². The van der Waals surface area contributed by atoms with Gasteiger partial charge in [-0.05, 0) is 50.1 Å². The summed E-state index contributed by atoms with van der Waals surface area (Å²) in [6.45, 7) is 2.60. The van der Waals surface area contributed by atoms with Crippen molar-refractivity contribution in [3.05, 3.63) is 52.6 Å². The number of halogens is 2. The van der Waals surface area contributed by atoms with E-state index in [2.05, 4.69) is 10.1 Å². The quantitative estimate of drug-likeness (QED) is 0.757. The van der Waals surface area contributed by atoms with E-state index in [0.717, 1.165) is 22.4 Å². The van der Waals surface area contributed by atoms with Crippen molar-refractivity contribution < 1.29 is 27.8 Å². The lowest BCUT2D eigenvalue weighted by atomic mass is 10.1. The highest BCUT2D eigenvalue weighted by Gasteiger charge is 2.19. The lowest BCUT2D eigenvalue weighted by Crippen LogP contribution is -2.35. The predicted molar refractivity (Wildman–Crippen MR) is 106 cm³/mol. The smallest absolute Gasteiger partial charge is 0.387 e. The topological polar surface area (TPSA) is 67.9 Å². The summed E-state index contributed by atoms with van der Waals surface area (Å²) >= 11 is 0. The van der Waals surface area contributed by atoms with Crippen LogP contribution < -0.4 is 14.8 Å². The highest BCUT2D eigenvalue weighted by molar-refractivity contribution is 6.00. The van der Waals surface area contributed by atoms with Crippen LogP contribution in [0.25, 0.3) is 0 Å². The zero-order chi connectivity index (χ0) is 21.7. The summed E-state index contributed by atoms with van der Waals surface area (Å²) in [5.74, 6) is -0.982. The molecule has 0 heterocycles. The van der Waals surface area contributed by atoms with Gasteiger partial charge in [-0.1, -0.05) is 17.7 Å². The number of hydrogen-bond acceptors (Lipinski definition) is 4. The van der Waals surface area contributed by atoms with E-state index in [9.17, 15) is 18.4 Å². The zero-order valence-electron chi connectivity index (χ0n) is 17.0. The highest BCUT2D eigenvalue weighted by Crippen LogP contribution is 2.30. The first-order valence-electron chi connectivity index (χ1n) is 8.88. The van der Waals surface area contributed by atoms with Gasteiger partial charge in [0.15, 0.2) is 11.5 Å². The summed E-state index contributed by atoms with van der Waals surface area (Å²) in [5, 5.41) is 2.84. The number of anilines is 1. The molecule has 156 valence electrons. The van der Waals surface area contributed by atoms with Gasteiger partial charge in [-0.25, -0.2) is 0 Å². The van der Waals surface area contributed by atoms with Gasteiger partial charge in [-0.15, -0.1) is 0 Å². The first-order valence-corrected chi connectivity index (χ1v) is 8.88. The van der Waals surface area contributed by atoms with Gasteiger partial charge in [-0.3, -0.25) is 9.59 Å². The molecule has 0 unspecified atom stereocenters. The lowest BCUT2D eigenvalue weighted by Gasteiger charge is -2.19. The highest BCUT2D eigenvalue weighted by atomic mass is 19.3. The Morgan fingerprint density at radius 1 is 1.07 bits per heavy atom. The van der Waals surface area contributed by atoms with E-state index in [1.165, 1.54) is 37.3 Å². The van der Waals surface area contributed by atoms with Crippen molar-refractivity contribution in [3.63, 3.8) is 0 Å². The Morgan fingerprint density at radius 3 is 2.24 bits per heavy atom. The number of aryl methyl sites for hydroxylation is 3. The molecule has 2 aromatic carbocycles. The second-order valence-corrected chi connectivity index (χ2v) is 6.73. The van der Waals surface area contributed by atoms with Crippen molar-refractivity contribution in [2.75, 3.05) is 26.0 Å². The fourth-order valence-electron chi connectivity index (χ4n) is 3.06. The molecule has 8 heteroatoms. The number of carbonyl (C=O) groups is 2. The number of hydrogen-bond donors (Lipinski definition) is 1. The summed E-state index contributed by atoms with van der Waals surface area (Å²) in [6, 6.07) is 7.79. The van der Waals surface area contributed by atoms with Gasteiger partial charge in [0.25, 0.3) is 5.91 Å². The minimum absolute atomic E-state index is 0.0000866. The van der Waals surface area contributed by atoms with Crippen LogP contribution in [0.4, 0.5) is 14.5 Å². The molecule has 2 amide bonds. The molecule has 0 atom stereocenters. The summed E-state index contributed by atoms with van der Waals surface area (Å²) in [7, 11) is 2.76. The number of amides is 2. The lowest BCUT2D eigenvalue weighted by molar-refractivity contribution is -0.116. The van der Waals surface area contributed by atoms with Gasteiger partial charge in [0.05, 0.1) is 13.7 Å². The number of nitrogens with zero attached hydrogens (tertiary/aromatic N) is 1. The summed E-state index contributed by atoms with van der Waals surface area (Å²) in [6.07, 6.45) is 0. The van der Waals surface area contributed by atoms with E-state index < -0.39 is 12.5 Å². The number of alkyl halides is 2. The second kappa shape index (κ2) is 9.36. The molecule has 0 aliphatic carbocycles. The third-order valence-corrected chi connectivity index (χ3v) is 4.30. The average molecular weight is 406 g/mol. The van der Waals surface area contributed by atoms with Crippen molar-refractivity contribution in [1.82, 2.24) is 4.90 Å². The molecule has 2 aromatic rings. The number of likely N-dealkylation sites (N-methyl/N-ethyl adjacent to an activating group) is 1. The molecule has 6 nitrogen and oxygen atoms in total. The van der Waals surface area contributed by atoms with Crippen LogP contribution in [0, 0.1) is 20.8 Å². The normalized spacial score (nSPS) is 10.6. The van der Waals surface area contributed by atoms with Gasteiger partial charge in [0.2, 0.25) is 5.91 Å². The van der Waals surface area contributed by atoms with Crippen LogP contribution in [-0.2, 0) is 4.79 Å². The zero-order valence-corrected chi connectivity index (χ0v) is 17.0. The van der Waals surface area contributed by atoms with E-state index in [1.54, 1.807) is 0 Å². The number of ether oxygens (including phenoxy) is 2. The third-order valence-electron chi connectivity index (χ3n) is 4.30. The fraction of sp³-hybridized carbons (Fsp3) is 0.333. The van der Waals surface area contributed by atoms with E-state index in [4.69, 9.17) is 4.74 Å². The molecule has 0 bridgehead atoms. The first-order chi connectivity index (χ1) is 13.6. The molecular formula is C21H24F2N2O4. The molecule has 0 aliphatic rings. The summed E-state index contributed by atoms with van der Waals surface area (Å²) < 4.78 is 34.2. The molecule has 0 spiro atoms. The van der Waals surface area contributed by atoms with E-state index in [0.29, 0.717) is 0 Å². The van der Waals surface area contributed by atoms with Gasteiger partial charge in [0.1, 0.15) is 0 Å². The molecule has 29 heavy (non-hydrogen) atoms. The average Bonchev–Trinajstić information content (AvgIpc) is 2.63. The van der Waals surface area contributed by atoms with Crippen LogP contribution >= 0.6 is 0 Å². The number of rotatable bonds is 7. The molecule has 0 aliphatic heterocycles. The molecular weight excluding hydrogens is 382 g/mol. The minimum Gasteiger partial charge on any atom is -0.493 e. The Labute approximate surface area is 168 Å². The second-order valence-electron chi connectivity index (χ2n) is 6.73. The molecule has 0 aromatic heterocycles. The predicted octanol–water partition coefficient (Wildman–Crippen LogP) is 3.93. The molecule has 0 saturated carbocycles. The molecule has 1 N–H and O–H groups in total.